The summed E-state index contributed by atoms with van der Waals surface area (Å²) in [6.45, 7) is 2.42. The van der Waals surface area contributed by atoms with Gasteiger partial charge in [-0.05, 0) is 46.5 Å². The van der Waals surface area contributed by atoms with Crippen LogP contribution in [-0.2, 0) is 6.54 Å². The first-order valence-electron chi connectivity index (χ1n) is 6.28. The summed E-state index contributed by atoms with van der Waals surface area (Å²) in [6.07, 6.45) is -0.502. The van der Waals surface area contributed by atoms with Gasteiger partial charge < -0.3 is 10.1 Å². The molecule has 0 unspecified atom stereocenters. The number of amides is 1. The van der Waals surface area contributed by atoms with Crippen molar-refractivity contribution in [1.29, 1.82) is 0 Å². The number of ether oxygens (including phenoxy) is 1. The number of thiophene rings is 2. The van der Waals surface area contributed by atoms with Crippen LogP contribution in [0.15, 0.2) is 23.6 Å². The van der Waals surface area contributed by atoms with Crippen LogP contribution in [0, 0.1) is 9.81 Å². The van der Waals surface area contributed by atoms with Gasteiger partial charge in [-0.3, -0.25) is 0 Å². The van der Waals surface area contributed by atoms with Crippen molar-refractivity contribution < 1.29 is 9.53 Å². The van der Waals surface area contributed by atoms with Gasteiger partial charge in [0.2, 0.25) is 0 Å². The van der Waals surface area contributed by atoms with E-state index in [0.717, 1.165) is 23.5 Å². The maximum atomic E-state index is 12.0. The molecule has 1 amide bonds. The normalized spacial score (nSPS) is 10.9. The zero-order chi connectivity index (χ0) is 15.7. The topological polar surface area (TPSA) is 51.2 Å². The molecular weight excluding hydrogens is 455 g/mol. The van der Waals surface area contributed by atoms with Gasteiger partial charge in [-0.15, -0.1) is 22.7 Å². The van der Waals surface area contributed by atoms with Gasteiger partial charge in [0, 0.05) is 10.9 Å². The molecular formula is C14H10ClIN2O2S2. The van der Waals surface area contributed by atoms with Crippen molar-refractivity contribution in [3.05, 3.63) is 42.1 Å². The van der Waals surface area contributed by atoms with Gasteiger partial charge in [-0.25, -0.2) is 9.78 Å². The number of nitrogens with one attached hydrogen (secondary N) is 1. The minimum absolute atomic E-state index is 0.311. The van der Waals surface area contributed by atoms with E-state index < -0.39 is 6.09 Å². The van der Waals surface area contributed by atoms with Crippen LogP contribution in [0.4, 0.5) is 4.79 Å². The van der Waals surface area contributed by atoms with Crippen LogP contribution in [0.1, 0.15) is 10.4 Å². The Bertz CT molecular complexity index is 833. The highest BCUT2D eigenvalue weighted by Gasteiger charge is 2.16. The molecule has 0 bridgehead atoms. The summed E-state index contributed by atoms with van der Waals surface area (Å²) in [5, 5.41) is 5.00. The summed E-state index contributed by atoms with van der Waals surface area (Å²) in [6, 6.07) is 5.47. The third-order valence-electron chi connectivity index (χ3n) is 2.94. The van der Waals surface area contributed by atoms with E-state index in [2.05, 4.69) is 32.9 Å². The Balaban J connectivity index is 1.81. The minimum atomic E-state index is -0.502. The van der Waals surface area contributed by atoms with E-state index in [1.54, 1.807) is 17.4 Å². The Morgan fingerprint density at radius 3 is 3.09 bits per heavy atom. The molecule has 3 aromatic rings. The van der Waals surface area contributed by atoms with E-state index in [4.69, 9.17) is 16.3 Å². The number of carbonyl (C=O) groups excluding carboxylic acids is 1. The second-order valence-electron chi connectivity index (χ2n) is 4.44. The molecule has 0 aliphatic carbocycles. The molecule has 1 N–H and O–H groups in total. The average molecular weight is 465 g/mol. The number of hydrogen-bond donors (Lipinski definition) is 1. The first kappa shape index (κ1) is 16.0. The molecule has 3 heterocycles. The van der Waals surface area contributed by atoms with Gasteiger partial charge in [-0.1, -0.05) is 17.7 Å². The van der Waals surface area contributed by atoms with Gasteiger partial charge in [0.1, 0.15) is 5.15 Å². The van der Waals surface area contributed by atoms with Crippen molar-refractivity contribution >= 4 is 73.2 Å². The highest BCUT2D eigenvalue weighted by Crippen LogP contribution is 2.38. The van der Waals surface area contributed by atoms with E-state index in [1.807, 2.05) is 24.4 Å². The molecule has 0 radical (unpaired) electrons. The number of carbonyl (C=O) groups is 1. The summed E-state index contributed by atoms with van der Waals surface area (Å²) in [7, 11) is 0. The van der Waals surface area contributed by atoms with Crippen LogP contribution >= 0.6 is 56.9 Å². The predicted octanol–water partition coefficient (Wildman–Crippen LogP) is 5.21. The van der Waals surface area contributed by atoms with E-state index in [0.29, 0.717) is 17.4 Å². The standard InChI is InChI=1S/C14H10ClIN2O2S2/c1-7-11-12(22-13(7)16)9(5-10(15)18-11)20-14(19)17-6-8-3-2-4-21-8/h2-5H,6H2,1H3,(H,17,19). The van der Waals surface area contributed by atoms with Crippen LogP contribution in [0.2, 0.25) is 5.15 Å². The zero-order valence-electron chi connectivity index (χ0n) is 11.4. The molecule has 114 valence electrons. The Labute approximate surface area is 153 Å². The molecule has 0 aromatic carbocycles. The second kappa shape index (κ2) is 6.69. The summed E-state index contributed by atoms with van der Waals surface area (Å²) in [4.78, 5) is 17.3. The molecule has 8 heteroatoms. The molecule has 0 atom stereocenters. The third kappa shape index (κ3) is 3.37. The fourth-order valence-electron chi connectivity index (χ4n) is 1.88. The fourth-order valence-corrected chi connectivity index (χ4v) is 4.55. The lowest BCUT2D eigenvalue weighted by atomic mass is 10.3. The predicted molar refractivity (Wildman–Crippen MR) is 99.3 cm³/mol. The first-order valence-corrected chi connectivity index (χ1v) is 9.43. The smallest absolute Gasteiger partial charge is 0.409 e. The van der Waals surface area contributed by atoms with Crippen LogP contribution in [-0.4, -0.2) is 11.1 Å². The molecule has 4 nitrogen and oxygen atoms in total. The van der Waals surface area contributed by atoms with E-state index in [-0.39, 0.29) is 0 Å². The van der Waals surface area contributed by atoms with Gasteiger partial charge in [0.05, 0.1) is 19.6 Å². The molecule has 0 spiro atoms. The molecule has 0 aliphatic heterocycles. The number of fused-ring (bicyclic) bond motifs is 1. The summed E-state index contributed by atoms with van der Waals surface area (Å²) in [5.41, 5.74) is 1.83. The molecule has 3 rings (SSSR count). The lowest BCUT2D eigenvalue weighted by molar-refractivity contribution is 0.200. The van der Waals surface area contributed by atoms with Crippen molar-refractivity contribution in [1.82, 2.24) is 10.3 Å². The molecule has 0 saturated carbocycles. The fraction of sp³-hybridized carbons (Fsp3) is 0.143. The summed E-state index contributed by atoms with van der Waals surface area (Å²) < 4.78 is 7.35. The number of nitrogens with zero attached hydrogens (tertiary/aromatic N) is 1. The number of halogens is 2. The highest BCUT2D eigenvalue weighted by molar-refractivity contribution is 14.1. The van der Waals surface area contributed by atoms with Crippen molar-refractivity contribution in [2.24, 2.45) is 0 Å². The minimum Gasteiger partial charge on any atom is -0.409 e. The number of hydrogen-bond acceptors (Lipinski definition) is 5. The number of rotatable bonds is 3. The maximum absolute atomic E-state index is 12.0. The molecule has 0 saturated heterocycles. The average Bonchev–Trinajstić information content (AvgIpc) is 3.08. The van der Waals surface area contributed by atoms with Crippen molar-refractivity contribution in [2.45, 2.75) is 13.5 Å². The van der Waals surface area contributed by atoms with Gasteiger partial charge in [0.25, 0.3) is 0 Å². The van der Waals surface area contributed by atoms with Crippen molar-refractivity contribution in [3.8, 4) is 5.75 Å². The lowest BCUT2D eigenvalue weighted by Crippen LogP contribution is -2.25. The van der Waals surface area contributed by atoms with Crippen LogP contribution in [0.5, 0.6) is 5.75 Å². The van der Waals surface area contributed by atoms with E-state index in [9.17, 15) is 4.79 Å². The number of pyridine rings is 1. The third-order valence-corrected chi connectivity index (χ3v) is 6.56. The van der Waals surface area contributed by atoms with Crippen LogP contribution < -0.4 is 10.1 Å². The number of aryl methyl sites for hydroxylation is 1. The molecule has 3 aromatic heterocycles. The monoisotopic (exact) mass is 464 g/mol. The highest BCUT2D eigenvalue weighted by atomic mass is 127. The van der Waals surface area contributed by atoms with Gasteiger partial charge >= 0.3 is 6.09 Å². The lowest BCUT2D eigenvalue weighted by Gasteiger charge is -2.07. The second-order valence-corrected chi connectivity index (χ2v) is 8.69. The molecule has 22 heavy (non-hydrogen) atoms. The van der Waals surface area contributed by atoms with Gasteiger partial charge in [-0.2, -0.15) is 0 Å². The van der Waals surface area contributed by atoms with Crippen LogP contribution in [0.25, 0.3) is 10.2 Å². The first-order chi connectivity index (χ1) is 10.5. The summed E-state index contributed by atoms with van der Waals surface area (Å²) >= 11 is 11.4. The Morgan fingerprint density at radius 1 is 1.55 bits per heavy atom. The Morgan fingerprint density at radius 2 is 2.36 bits per heavy atom. The van der Waals surface area contributed by atoms with Crippen molar-refractivity contribution in [3.63, 3.8) is 0 Å². The quantitative estimate of drug-likeness (QED) is 0.427. The van der Waals surface area contributed by atoms with E-state index in [1.165, 1.54) is 11.3 Å². The summed E-state index contributed by atoms with van der Waals surface area (Å²) in [5.74, 6) is 0.440. The maximum Gasteiger partial charge on any atom is 0.412 e. The van der Waals surface area contributed by atoms with Crippen LogP contribution in [0.3, 0.4) is 0 Å². The largest absolute Gasteiger partial charge is 0.412 e. The number of aromatic nitrogens is 1. The van der Waals surface area contributed by atoms with Crippen molar-refractivity contribution in [2.75, 3.05) is 0 Å². The van der Waals surface area contributed by atoms with E-state index >= 15 is 0 Å². The Kier molecular flexibility index (Phi) is 4.86. The molecule has 0 fully saturated rings. The van der Waals surface area contributed by atoms with Gasteiger partial charge in [0.15, 0.2) is 5.75 Å². The Hall–Kier alpha value is -0.900. The molecule has 0 aliphatic rings. The zero-order valence-corrected chi connectivity index (χ0v) is 15.9. The SMILES string of the molecule is Cc1c(I)sc2c(OC(=O)NCc3cccs3)cc(Cl)nc12.